The van der Waals surface area contributed by atoms with Gasteiger partial charge in [0.05, 0.1) is 23.5 Å². The average Bonchev–Trinajstić information content (AvgIpc) is 3.23. The van der Waals surface area contributed by atoms with Crippen molar-refractivity contribution in [1.82, 2.24) is 24.8 Å². The lowest BCUT2D eigenvalue weighted by Crippen LogP contribution is -2.28. The van der Waals surface area contributed by atoms with Crippen LogP contribution < -0.4 is 0 Å². The van der Waals surface area contributed by atoms with Gasteiger partial charge in [0.15, 0.2) is 0 Å². The molecule has 7 heteroatoms. The lowest BCUT2D eigenvalue weighted by molar-refractivity contribution is -0.128. The Hall–Kier alpha value is -3.27. The number of nitrogens with zero attached hydrogens (tertiary/aromatic N) is 5. The van der Waals surface area contributed by atoms with E-state index in [1.807, 2.05) is 31.3 Å². The third-order valence-corrected chi connectivity index (χ3v) is 4.17. The summed E-state index contributed by atoms with van der Waals surface area (Å²) in [5.74, 6) is 0.504. The fourth-order valence-corrected chi connectivity index (χ4v) is 3.08. The van der Waals surface area contributed by atoms with Crippen LogP contribution in [0.2, 0.25) is 0 Å². The first-order valence-electron chi connectivity index (χ1n) is 7.62. The molecule has 1 aliphatic rings. The van der Waals surface area contributed by atoms with Gasteiger partial charge >= 0.3 is 0 Å². The summed E-state index contributed by atoms with van der Waals surface area (Å²) >= 11 is 0. The van der Waals surface area contributed by atoms with Crippen LogP contribution in [0, 0.1) is 18.3 Å². The molecule has 1 amide bonds. The van der Waals surface area contributed by atoms with E-state index in [9.17, 15) is 4.79 Å². The third kappa shape index (κ3) is 2.20. The summed E-state index contributed by atoms with van der Waals surface area (Å²) < 4.78 is 0. The molecule has 0 saturated heterocycles. The number of H-pyrrole nitrogens is 1. The number of carbonyl (C=O) groups excluding carboxylic acids is 1. The van der Waals surface area contributed by atoms with Gasteiger partial charge in [0.2, 0.25) is 5.91 Å². The molecule has 0 unspecified atom stereocenters. The molecular weight excluding hydrogens is 304 g/mol. The van der Waals surface area contributed by atoms with Gasteiger partial charge in [-0.1, -0.05) is 6.08 Å². The lowest BCUT2D eigenvalue weighted by atomic mass is 10.1. The molecule has 0 bridgehead atoms. The molecule has 0 atom stereocenters. The van der Waals surface area contributed by atoms with Crippen LogP contribution in [0.3, 0.4) is 0 Å². The Kier molecular flexibility index (Phi) is 3.24. The fraction of sp³-hybridized carbons (Fsp3) is 0.235. The first-order valence-corrected chi connectivity index (χ1v) is 7.62. The van der Waals surface area contributed by atoms with Crippen LogP contribution in [-0.2, 0) is 4.79 Å². The largest absolute Gasteiger partial charge is 0.346 e. The van der Waals surface area contributed by atoms with Gasteiger partial charge in [-0.25, -0.2) is 15.0 Å². The number of nitrogens with one attached hydrogen (secondary N) is 1. The second-order valence-corrected chi connectivity index (χ2v) is 5.72. The smallest absolute Gasteiger partial charge is 0.237 e. The van der Waals surface area contributed by atoms with Crippen molar-refractivity contribution in [2.75, 3.05) is 13.1 Å². The number of nitriles is 1. The summed E-state index contributed by atoms with van der Waals surface area (Å²) in [4.78, 5) is 30.2. The average molecular weight is 318 g/mol. The van der Waals surface area contributed by atoms with Crippen molar-refractivity contribution < 1.29 is 4.79 Å². The zero-order valence-electron chi connectivity index (χ0n) is 13.1. The van der Waals surface area contributed by atoms with Gasteiger partial charge in [0.1, 0.15) is 17.9 Å². The van der Waals surface area contributed by atoms with Crippen molar-refractivity contribution in [3.8, 4) is 6.07 Å². The quantitative estimate of drug-likeness (QED) is 0.778. The maximum absolute atomic E-state index is 11.9. The minimum Gasteiger partial charge on any atom is -0.346 e. The molecule has 0 aromatic carbocycles. The van der Waals surface area contributed by atoms with E-state index in [0.717, 1.165) is 33.2 Å². The lowest BCUT2D eigenvalue weighted by Gasteiger charge is -2.15. The maximum Gasteiger partial charge on any atom is 0.237 e. The van der Waals surface area contributed by atoms with Crippen molar-refractivity contribution in [2.24, 2.45) is 0 Å². The van der Waals surface area contributed by atoms with Crippen molar-refractivity contribution in [1.29, 1.82) is 5.26 Å². The van der Waals surface area contributed by atoms with E-state index in [1.54, 1.807) is 11.1 Å². The number of aryl methyl sites for hydroxylation is 1. The van der Waals surface area contributed by atoms with Crippen LogP contribution in [-0.4, -0.2) is 43.8 Å². The Morgan fingerprint density at radius 2 is 2.33 bits per heavy atom. The van der Waals surface area contributed by atoms with Crippen LogP contribution in [0.5, 0.6) is 0 Å². The molecule has 118 valence electrons. The summed E-state index contributed by atoms with van der Waals surface area (Å²) in [6.45, 7) is 2.81. The molecule has 3 aromatic heterocycles. The van der Waals surface area contributed by atoms with E-state index in [-0.39, 0.29) is 12.3 Å². The Bertz CT molecular complexity index is 1040. The van der Waals surface area contributed by atoms with Gasteiger partial charge in [-0.2, -0.15) is 5.26 Å². The molecule has 0 spiro atoms. The van der Waals surface area contributed by atoms with Gasteiger partial charge in [0, 0.05) is 30.1 Å². The van der Waals surface area contributed by atoms with Crippen LogP contribution >= 0.6 is 0 Å². The molecule has 24 heavy (non-hydrogen) atoms. The standard InChI is InChI=1S/C17H14N6O/c1-10-21-13-8-20-17-12(3-6-19-17)15(13)16(22-10)11-4-7-23(9-11)14(24)2-5-18/h3-4,6,8H,2,7,9H2,1H3,(H,19,20). The zero-order valence-corrected chi connectivity index (χ0v) is 13.1. The van der Waals surface area contributed by atoms with Gasteiger partial charge in [-0.3, -0.25) is 4.79 Å². The normalized spacial score (nSPS) is 14.2. The van der Waals surface area contributed by atoms with Crippen molar-refractivity contribution in [3.05, 3.63) is 36.1 Å². The number of pyridine rings is 1. The van der Waals surface area contributed by atoms with E-state index < -0.39 is 0 Å². The summed E-state index contributed by atoms with van der Waals surface area (Å²) in [5, 5.41) is 10.6. The summed E-state index contributed by atoms with van der Waals surface area (Å²) in [6.07, 6.45) is 5.47. The Morgan fingerprint density at radius 3 is 3.17 bits per heavy atom. The second kappa shape index (κ2) is 5.42. The molecule has 4 rings (SSSR count). The monoisotopic (exact) mass is 318 g/mol. The number of rotatable bonds is 2. The fourth-order valence-electron chi connectivity index (χ4n) is 3.08. The number of carbonyl (C=O) groups is 1. The zero-order chi connectivity index (χ0) is 16.7. The molecule has 0 fully saturated rings. The SMILES string of the molecule is Cc1nc(C2=CCN(C(=O)CC#N)C2)c2c(cnc3[nH]ccc32)n1. The van der Waals surface area contributed by atoms with E-state index in [2.05, 4.69) is 19.9 Å². The number of hydrogen-bond donors (Lipinski definition) is 1. The van der Waals surface area contributed by atoms with Crippen LogP contribution in [0.25, 0.3) is 27.5 Å². The predicted octanol–water partition coefficient (Wildman–Crippen LogP) is 1.95. The van der Waals surface area contributed by atoms with Crippen molar-refractivity contribution in [3.63, 3.8) is 0 Å². The molecular formula is C17H14N6O. The highest BCUT2D eigenvalue weighted by atomic mass is 16.2. The van der Waals surface area contributed by atoms with Crippen molar-refractivity contribution in [2.45, 2.75) is 13.3 Å². The molecule has 4 heterocycles. The Morgan fingerprint density at radius 1 is 1.46 bits per heavy atom. The highest BCUT2D eigenvalue weighted by Crippen LogP contribution is 2.30. The first kappa shape index (κ1) is 14.3. The van der Waals surface area contributed by atoms with E-state index in [0.29, 0.717) is 18.9 Å². The molecule has 0 saturated carbocycles. The minimum absolute atomic E-state index is 0.101. The van der Waals surface area contributed by atoms with Crippen LogP contribution in [0.4, 0.5) is 0 Å². The first-order chi connectivity index (χ1) is 11.7. The molecule has 1 aliphatic heterocycles. The Balaban J connectivity index is 1.84. The highest BCUT2D eigenvalue weighted by molar-refractivity contribution is 6.08. The Labute approximate surface area is 137 Å². The van der Waals surface area contributed by atoms with E-state index in [4.69, 9.17) is 5.26 Å². The molecule has 3 aromatic rings. The summed E-state index contributed by atoms with van der Waals surface area (Å²) in [7, 11) is 0. The summed E-state index contributed by atoms with van der Waals surface area (Å²) in [5.41, 5.74) is 3.38. The molecule has 1 N–H and O–H groups in total. The molecule has 0 aliphatic carbocycles. The third-order valence-electron chi connectivity index (χ3n) is 4.17. The molecule has 7 nitrogen and oxygen atoms in total. The van der Waals surface area contributed by atoms with E-state index >= 15 is 0 Å². The van der Waals surface area contributed by atoms with Gasteiger partial charge in [0.25, 0.3) is 0 Å². The predicted molar refractivity (Wildman–Crippen MR) is 88.7 cm³/mol. The van der Waals surface area contributed by atoms with Gasteiger partial charge in [-0.05, 0) is 18.6 Å². The van der Waals surface area contributed by atoms with Gasteiger partial charge in [-0.15, -0.1) is 0 Å². The summed E-state index contributed by atoms with van der Waals surface area (Å²) in [6, 6.07) is 3.87. The number of fused-ring (bicyclic) bond motifs is 3. The second-order valence-electron chi connectivity index (χ2n) is 5.72. The van der Waals surface area contributed by atoms with Crippen LogP contribution in [0.1, 0.15) is 17.9 Å². The van der Waals surface area contributed by atoms with Gasteiger partial charge < -0.3 is 9.88 Å². The number of amides is 1. The van der Waals surface area contributed by atoms with Crippen molar-refractivity contribution >= 4 is 33.4 Å². The number of aromatic nitrogens is 4. The number of hydrogen-bond acceptors (Lipinski definition) is 5. The maximum atomic E-state index is 11.9. The number of aromatic amines is 1. The highest BCUT2D eigenvalue weighted by Gasteiger charge is 2.23. The minimum atomic E-state index is -0.160. The van der Waals surface area contributed by atoms with Crippen LogP contribution in [0.15, 0.2) is 24.5 Å². The van der Waals surface area contributed by atoms with E-state index in [1.165, 1.54) is 0 Å². The topological polar surface area (TPSA) is 98.6 Å². The molecule has 0 radical (unpaired) electrons.